The molecule has 0 aliphatic carbocycles. The van der Waals surface area contributed by atoms with Gasteiger partial charge in [-0.1, -0.05) is 0 Å². The van der Waals surface area contributed by atoms with Gasteiger partial charge in [0.05, 0.1) is 6.04 Å². The Balaban J connectivity index is 1.63. The van der Waals surface area contributed by atoms with Gasteiger partial charge in [-0.05, 0) is 44.4 Å². The molecule has 2 fully saturated rings. The number of piperidine rings is 1. The van der Waals surface area contributed by atoms with E-state index in [0.717, 1.165) is 45.3 Å². The number of nitrogens with zero attached hydrogens (tertiary/aromatic N) is 3. The van der Waals surface area contributed by atoms with Gasteiger partial charge in [0.2, 0.25) is 5.91 Å². The number of hydrogen-bond donors (Lipinski definition) is 1. The number of halogens is 1. The number of anilines is 1. The van der Waals surface area contributed by atoms with Gasteiger partial charge >= 0.3 is 0 Å². The Kier molecular flexibility index (Phi) is 4.05. The monoisotopic (exact) mass is 292 g/mol. The van der Waals surface area contributed by atoms with Crippen molar-refractivity contribution in [2.75, 3.05) is 24.5 Å². The van der Waals surface area contributed by atoms with Gasteiger partial charge in [0.1, 0.15) is 0 Å². The number of primary amides is 1. The van der Waals surface area contributed by atoms with Gasteiger partial charge in [-0.2, -0.15) is 0 Å². The maximum absolute atomic E-state index is 13.8. The van der Waals surface area contributed by atoms with Crippen molar-refractivity contribution in [3.63, 3.8) is 0 Å². The minimum absolute atomic E-state index is 0.117. The summed E-state index contributed by atoms with van der Waals surface area (Å²) in [4.78, 5) is 19.9. The maximum atomic E-state index is 13.8. The first kappa shape index (κ1) is 14.3. The molecule has 114 valence electrons. The molecule has 0 radical (unpaired) electrons. The Morgan fingerprint density at radius 1 is 1.29 bits per heavy atom. The van der Waals surface area contributed by atoms with Gasteiger partial charge in [0.25, 0.3) is 0 Å². The fourth-order valence-electron chi connectivity index (χ4n) is 3.55. The van der Waals surface area contributed by atoms with Crippen molar-refractivity contribution in [2.24, 2.45) is 5.73 Å². The van der Waals surface area contributed by atoms with E-state index >= 15 is 0 Å². The molecule has 3 heterocycles. The number of hydrogen-bond acceptors (Lipinski definition) is 4. The van der Waals surface area contributed by atoms with Crippen LogP contribution in [0.1, 0.15) is 25.7 Å². The molecule has 2 aliphatic rings. The van der Waals surface area contributed by atoms with Gasteiger partial charge in [0, 0.05) is 25.3 Å². The van der Waals surface area contributed by atoms with Crippen molar-refractivity contribution < 1.29 is 9.18 Å². The van der Waals surface area contributed by atoms with E-state index in [1.165, 1.54) is 6.07 Å². The number of rotatable bonds is 3. The van der Waals surface area contributed by atoms with Crippen molar-refractivity contribution in [1.82, 2.24) is 9.88 Å². The number of likely N-dealkylation sites (tertiary alicyclic amines) is 1. The van der Waals surface area contributed by atoms with Crippen molar-refractivity contribution >= 4 is 11.7 Å². The number of nitrogens with two attached hydrogens (primary N) is 1. The highest BCUT2D eigenvalue weighted by atomic mass is 19.1. The first-order chi connectivity index (χ1) is 10.2. The molecule has 1 atom stereocenters. The molecule has 1 aromatic heterocycles. The predicted octanol–water partition coefficient (Wildman–Crippen LogP) is 1.14. The summed E-state index contributed by atoms with van der Waals surface area (Å²) >= 11 is 0. The van der Waals surface area contributed by atoms with E-state index in [0.29, 0.717) is 11.9 Å². The van der Waals surface area contributed by atoms with E-state index in [4.69, 9.17) is 5.73 Å². The van der Waals surface area contributed by atoms with Crippen LogP contribution < -0.4 is 10.6 Å². The van der Waals surface area contributed by atoms with Crippen LogP contribution in [0.4, 0.5) is 10.2 Å². The predicted molar refractivity (Wildman–Crippen MR) is 78.4 cm³/mol. The van der Waals surface area contributed by atoms with Gasteiger partial charge in [0.15, 0.2) is 11.6 Å². The summed E-state index contributed by atoms with van der Waals surface area (Å²) in [5.74, 6) is -0.0540. The lowest BCUT2D eigenvalue weighted by atomic mass is 10.0. The molecular formula is C15H21FN4O. The number of pyridine rings is 1. The van der Waals surface area contributed by atoms with Gasteiger partial charge in [-0.3, -0.25) is 9.69 Å². The van der Waals surface area contributed by atoms with Crippen molar-refractivity contribution in [3.8, 4) is 0 Å². The van der Waals surface area contributed by atoms with E-state index in [1.807, 2.05) is 4.90 Å². The molecule has 1 amide bonds. The minimum Gasteiger partial charge on any atom is -0.368 e. The first-order valence-electron chi connectivity index (χ1n) is 7.57. The first-order valence-corrected chi connectivity index (χ1v) is 7.57. The molecular weight excluding hydrogens is 271 g/mol. The summed E-state index contributed by atoms with van der Waals surface area (Å²) in [7, 11) is 0. The normalized spacial score (nSPS) is 24.4. The molecule has 0 aromatic carbocycles. The molecule has 2 saturated heterocycles. The van der Waals surface area contributed by atoms with Crippen LogP contribution in [0.5, 0.6) is 0 Å². The Morgan fingerprint density at radius 2 is 2.05 bits per heavy atom. The average Bonchev–Trinajstić information content (AvgIpc) is 2.98. The fourth-order valence-corrected chi connectivity index (χ4v) is 3.55. The Labute approximate surface area is 123 Å². The second-order valence-electron chi connectivity index (χ2n) is 5.83. The molecule has 0 saturated carbocycles. The van der Waals surface area contributed by atoms with Gasteiger partial charge in [-0.15, -0.1) is 0 Å². The van der Waals surface area contributed by atoms with E-state index in [1.54, 1.807) is 12.3 Å². The summed E-state index contributed by atoms with van der Waals surface area (Å²) in [6.07, 6.45) is 5.35. The summed E-state index contributed by atoms with van der Waals surface area (Å²) < 4.78 is 13.8. The molecule has 3 rings (SSSR count). The van der Waals surface area contributed by atoms with Crippen molar-refractivity contribution in [2.45, 2.75) is 37.8 Å². The number of aromatic nitrogens is 1. The van der Waals surface area contributed by atoms with Gasteiger partial charge in [-0.25, -0.2) is 9.37 Å². The number of carbonyl (C=O) groups excluding carboxylic acids is 1. The highest BCUT2D eigenvalue weighted by Crippen LogP contribution is 2.28. The zero-order valence-electron chi connectivity index (χ0n) is 12.0. The summed E-state index contributed by atoms with van der Waals surface area (Å²) in [6.45, 7) is 2.47. The summed E-state index contributed by atoms with van der Waals surface area (Å²) in [5, 5.41) is 0. The SMILES string of the molecule is NC(=O)[C@H]1CCCN1C1CCN(c2ncccc2F)CC1. The molecule has 1 aromatic rings. The van der Waals surface area contributed by atoms with E-state index in [2.05, 4.69) is 9.88 Å². The zero-order chi connectivity index (χ0) is 14.8. The zero-order valence-corrected chi connectivity index (χ0v) is 12.0. The standard InChI is InChI=1S/C15H21FN4O/c16-12-3-1-7-18-15(12)19-9-5-11(6-10-19)20-8-2-4-13(20)14(17)21/h1,3,7,11,13H,2,4-6,8-10H2,(H2,17,21)/t13-/m1/s1. The minimum atomic E-state index is -0.271. The van der Waals surface area contributed by atoms with E-state index in [-0.39, 0.29) is 17.8 Å². The highest BCUT2D eigenvalue weighted by molar-refractivity contribution is 5.80. The molecule has 21 heavy (non-hydrogen) atoms. The average molecular weight is 292 g/mol. The van der Waals surface area contributed by atoms with Crippen molar-refractivity contribution in [3.05, 3.63) is 24.1 Å². The summed E-state index contributed by atoms with van der Waals surface area (Å²) in [5.41, 5.74) is 5.48. The van der Waals surface area contributed by atoms with Crippen LogP contribution >= 0.6 is 0 Å². The summed E-state index contributed by atoms with van der Waals surface area (Å²) in [6, 6.07) is 3.30. The number of carbonyl (C=O) groups is 1. The maximum Gasteiger partial charge on any atom is 0.234 e. The van der Waals surface area contributed by atoms with Crippen LogP contribution in [-0.2, 0) is 4.79 Å². The molecule has 6 heteroatoms. The quantitative estimate of drug-likeness (QED) is 0.907. The lowest BCUT2D eigenvalue weighted by molar-refractivity contribution is -0.123. The second kappa shape index (κ2) is 5.97. The Hall–Kier alpha value is -1.69. The smallest absolute Gasteiger partial charge is 0.234 e. The second-order valence-corrected chi connectivity index (χ2v) is 5.83. The lowest BCUT2D eigenvalue weighted by Crippen LogP contribution is -2.50. The topological polar surface area (TPSA) is 62.5 Å². The molecule has 0 spiro atoms. The van der Waals surface area contributed by atoms with Crippen LogP contribution in [0.25, 0.3) is 0 Å². The van der Waals surface area contributed by atoms with Gasteiger partial charge < -0.3 is 10.6 Å². The lowest BCUT2D eigenvalue weighted by Gasteiger charge is -2.39. The van der Waals surface area contributed by atoms with E-state index in [9.17, 15) is 9.18 Å². The van der Waals surface area contributed by atoms with Crippen LogP contribution in [0.15, 0.2) is 18.3 Å². The van der Waals surface area contributed by atoms with E-state index < -0.39 is 0 Å². The van der Waals surface area contributed by atoms with Crippen molar-refractivity contribution in [1.29, 1.82) is 0 Å². The molecule has 0 bridgehead atoms. The third-order valence-electron chi connectivity index (χ3n) is 4.59. The molecule has 2 aliphatic heterocycles. The third kappa shape index (κ3) is 2.85. The van der Waals surface area contributed by atoms with Crippen LogP contribution in [-0.4, -0.2) is 47.5 Å². The Morgan fingerprint density at radius 3 is 2.71 bits per heavy atom. The number of amides is 1. The molecule has 0 unspecified atom stereocenters. The largest absolute Gasteiger partial charge is 0.368 e. The Bertz CT molecular complexity index is 516. The third-order valence-corrected chi connectivity index (χ3v) is 4.59. The van der Waals surface area contributed by atoms with Crippen LogP contribution in [0.3, 0.4) is 0 Å². The van der Waals surface area contributed by atoms with Crippen LogP contribution in [0.2, 0.25) is 0 Å². The fraction of sp³-hybridized carbons (Fsp3) is 0.600. The van der Waals surface area contributed by atoms with Crippen LogP contribution in [0, 0.1) is 5.82 Å². The highest BCUT2D eigenvalue weighted by Gasteiger charge is 2.35. The molecule has 2 N–H and O–H groups in total. The molecule has 5 nitrogen and oxygen atoms in total.